The zero-order valence-electron chi connectivity index (χ0n) is 15.7. The normalized spacial score (nSPS) is 13.9. The molecule has 27 heavy (non-hydrogen) atoms. The second-order valence-electron chi connectivity index (χ2n) is 6.19. The number of amides is 1. The number of nitrogens with one attached hydrogen (secondary N) is 2. The molecule has 2 heterocycles. The number of hydrogen-bond donors (Lipinski definition) is 2. The number of aliphatic imine (C=N–C) groups is 1. The summed E-state index contributed by atoms with van der Waals surface area (Å²) >= 11 is 1.67. The molecule has 0 bridgehead atoms. The molecule has 1 amide bonds. The van der Waals surface area contributed by atoms with Crippen LogP contribution in [0.25, 0.3) is 0 Å². The van der Waals surface area contributed by atoms with Gasteiger partial charge in [-0.2, -0.15) is 0 Å². The number of benzene rings is 1. The van der Waals surface area contributed by atoms with Crippen LogP contribution in [0, 0.1) is 6.92 Å². The molecule has 0 spiro atoms. The summed E-state index contributed by atoms with van der Waals surface area (Å²) in [6.07, 6.45) is 1.68. The third kappa shape index (κ3) is 5.19. The van der Waals surface area contributed by atoms with Crippen molar-refractivity contribution < 1.29 is 9.53 Å². The van der Waals surface area contributed by atoms with Crippen LogP contribution in [0.15, 0.2) is 34.6 Å². The summed E-state index contributed by atoms with van der Waals surface area (Å²) < 4.78 is 5.47. The third-order valence-electron chi connectivity index (χ3n) is 4.22. The van der Waals surface area contributed by atoms with Gasteiger partial charge in [-0.15, -0.1) is 11.3 Å². The molecule has 0 aliphatic carbocycles. The summed E-state index contributed by atoms with van der Waals surface area (Å²) in [5, 5.41) is 9.76. The van der Waals surface area contributed by atoms with Crippen LogP contribution in [0.1, 0.15) is 17.1 Å². The van der Waals surface area contributed by atoms with E-state index in [0.717, 1.165) is 54.0 Å². The first kappa shape index (κ1) is 19.2. The first-order chi connectivity index (χ1) is 13.2. The maximum Gasteiger partial charge on any atom is 0.265 e. The zero-order valence-corrected chi connectivity index (χ0v) is 16.5. The predicted octanol–water partition coefficient (Wildman–Crippen LogP) is 1.97. The zero-order chi connectivity index (χ0) is 19.1. The molecule has 0 saturated carbocycles. The molecule has 0 radical (unpaired) electrons. The van der Waals surface area contributed by atoms with Crippen molar-refractivity contribution in [3.05, 3.63) is 40.3 Å². The molecular formula is C19H25N5O2S. The number of aromatic nitrogens is 1. The number of carbonyl (C=O) groups is 1. The molecule has 2 aromatic rings. The topological polar surface area (TPSA) is 78.9 Å². The Morgan fingerprint density at radius 1 is 1.33 bits per heavy atom. The van der Waals surface area contributed by atoms with Crippen LogP contribution in [-0.4, -0.2) is 50.1 Å². The summed E-state index contributed by atoms with van der Waals surface area (Å²) in [6.45, 7) is 4.26. The third-order valence-corrected chi connectivity index (χ3v) is 5.05. The van der Waals surface area contributed by atoms with Crippen molar-refractivity contribution in [2.24, 2.45) is 4.99 Å². The van der Waals surface area contributed by atoms with Gasteiger partial charge in [-0.05, 0) is 25.5 Å². The van der Waals surface area contributed by atoms with Crippen molar-refractivity contribution in [2.75, 3.05) is 38.2 Å². The van der Waals surface area contributed by atoms with Gasteiger partial charge in [0.2, 0.25) is 0 Å². The highest BCUT2D eigenvalue weighted by molar-refractivity contribution is 7.09. The lowest BCUT2D eigenvalue weighted by molar-refractivity contribution is -0.121. The minimum absolute atomic E-state index is 0.00485. The highest BCUT2D eigenvalue weighted by atomic mass is 32.1. The number of rotatable bonds is 7. The van der Waals surface area contributed by atoms with Crippen LogP contribution in [0.5, 0.6) is 5.75 Å². The van der Waals surface area contributed by atoms with Gasteiger partial charge < -0.3 is 20.3 Å². The number of para-hydroxylation sites is 2. The molecule has 2 N–H and O–H groups in total. The van der Waals surface area contributed by atoms with Crippen molar-refractivity contribution in [3.63, 3.8) is 0 Å². The van der Waals surface area contributed by atoms with E-state index in [2.05, 4.69) is 26.0 Å². The second kappa shape index (κ2) is 9.36. The van der Waals surface area contributed by atoms with Crippen LogP contribution in [0.2, 0.25) is 0 Å². The number of guanidine groups is 1. The standard InChI is InChI=1S/C19H25N5O2S/c1-14-23-15(13-27-14)8-10-22-19(20-2)21-9-5-11-24-16-6-3-4-7-17(16)26-12-18(24)25/h3-4,6-7,13H,5,8-12H2,1-2H3,(H2,20,21,22). The van der Waals surface area contributed by atoms with Crippen LogP contribution in [-0.2, 0) is 11.2 Å². The lowest BCUT2D eigenvalue weighted by Gasteiger charge is -2.29. The number of nitrogens with zero attached hydrogens (tertiary/aromatic N) is 3. The van der Waals surface area contributed by atoms with Crippen molar-refractivity contribution in [1.29, 1.82) is 0 Å². The van der Waals surface area contributed by atoms with E-state index in [4.69, 9.17) is 4.74 Å². The van der Waals surface area contributed by atoms with Crippen molar-refractivity contribution in [2.45, 2.75) is 19.8 Å². The van der Waals surface area contributed by atoms with E-state index in [1.54, 1.807) is 23.3 Å². The highest BCUT2D eigenvalue weighted by Crippen LogP contribution is 2.31. The predicted molar refractivity (Wildman–Crippen MR) is 109 cm³/mol. The number of fused-ring (bicyclic) bond motifs is 1. The minimum atomic E-state index is -0.00485. The molecule has 0 atom stereocenters. The first-order valence-electron chi connectivity index (χ1n) is 9.05. The Bertz CT molecular complexity index is 805. The lowest BCUT2D eigenvalue weighted by Crippen LogP contribution is -2.42. The summed E-state index contributed by atoms with van der Waals surface area (Å²) in [6, 6.07) is 7.64. The molecule has 1 aromatic heterocycles. The monoisotopic (exact) mass is 387 g/mol. The van der Waals surface area contributed by atoms with Crippen LogP contribution < -0.4 is 20.3 Å². The Morgan fingerprint density at radius 2 is 2.15 bits per heavy atom. The van der Waals surface area contributed by atoms with Crippen LogP contribution >= 0.6 is 11.3 Å². The van der Waals surface area contributed by atoms with E-state index in [-0.39, 0.29) is 12.5 Å². The number of thiazole rings is 1. The van der Waals surface area contributed by atoms with Gasteiger partial charge in [0, 0.05) is 38.5 Å². The maximum atomic E-state index is 12.2. The lowest BCUT2D eigenvalue weighted by atomic mass is 10.2. The molecule has 8 heteroatoms. The van der Waals surface area contributed by atoms with Crippen molar-refractivity contribution in [1.82, 2.24) is 15.6 Å². The number of ether oxygens (including phenoxy) is 1. The SMILES string of the molecule is CN=C(NCCCN1C(=O)COc2ccccc21)NCCc1csc(C)n1. The molecule has 144 valence electrons. The molecular weight excluding hydrogens is 362 g/mol. The molecule has 1 aliphatic rings. The van der Waals surface area contributed by atoms with Gasteiger partial charge in [-0.25, -0.2) is 4.98 Å². The van der Waals surface area contributed by atoms with Gasteiger partial charge in [0.05, 0.1) is 16.4 Å². The number of hydrogen-bond acceptors (Lipinski definition) is 5. The number of anilines is 1. The molecule has 1 aromatic carbocycles. The van der Waals surface area contributed by atoms with Crippen molar-refractivity contribution >= 4 is 28.9 Å². The second-order valence-corrected chi connectivity index (χ2v) is 7.25. The van der Waals surface area contributed by atoms with Crippen LogP contribution in [0.4, 0.5) is 5.69 Å². The first-order valence-corrected chi connectivity index (χ1v) is 9.93. The number of carbonyl (C=O) groups excluding carboxylic acids is 1. The van der Waals surface area contributed by atoms with E-state index in [1.807, 2.05) is 31.2 Å². The Hall–Kier alpha value is -2.61. The quantitative estimate of drug-likeness (QED) is 0.431. The van der Waals surface area contributed by atoms with E-state index in [0.29, 0.717) is 6.54 Å². The van der Waals surface area contributed by atoms with Gasteiger partial charge in [-0.1, -0.05) is 12.1 Å². The summed E-state index contributed by atoms with van der Waals surface area (Å²) in [5.41, 5.74) is 1.94. The van der Waals surface area contributed by atoms with Crippen molar-refractivity contribution in [3.8, 4) is 5.75 Å². The minimum Gasteiger partial charge on any atom is -0.482 e. The molecule has 1 aliphatic heterocycles. The molecule has 7 nitrogen and oxygen atoms in total. The summed E-state index contributed by atoms with van der Waals surface area (Å²) in [7, 11) is 1.75. The fourth-order valence-corrected chi connectivity index (χ4v) is 3.54. The van der Waals surface area contributed by atoms with E-state index >= 15 is 0 Å². The van der Waals surface area contributed by atoms with Gasteiger partial charge in [-0.3, -0.25) is 9.79 Å². The van der Waals surface area contributed by atoms with Gasteiger partial charge in [0.15, 0.2) is 12.6 Å². The largest absolute Gasteiger partial charge is 0.482 e. The fourth-order valence-electron chi connectivity index (χ4n) is 2.90. The Morgan fingerprint density at radius 3 is 2.93 bits per heavy atom. The fraction of sp³-hybridized carbons (Fsp3) is 0.421. The average Bonchev–Trinajstić information content (AvgIpc) is 3.10. The Kier molecular flexibility index (Phi) is 6.64. The maximum absolute atomic E-state index is 12.2. The molecule has 0 unspecified atom stereocenters. The van der Waals surface area contributed by atoms with Crippen LogP contribution in [0.3, 0.4) is 0 Å². The van der Waals surface area contributed by atoms with Gasteiger partial charge in [0.25, 0.3) is 5.91 Å². The number of aryl methyl sites for hydroxylation is 1. The Balaban J connectivity index is 1.40. The Labute approximate surface area is 163 Å². The van der Waals surface area contributed by atoms with E-state index in [9.17, 15) is 4.79 Å². The summed E-state index contributed by atoms with van der Waals surface area (Å²) in [5.74, 6) is 1.52. The molecule has 0 saturated heterocycles. The van der Waals surface area contributed by atoms with Gasteiger partial charge >= 0.3 is 0 Å². The highest BCUT2D eigenvalue weighted by Gasteiger charge is 2.24. The van der Waals surface area contributed by atoms with Gasteiger partial charge in [0.1, 0.15) is 5.75 Å². The average molecular weight is 388 g/mol. The molecule has 0 fully saturated rings. The smallest absolute Gasteiger partial charge is 0.265 e. The summed E-state index contributed by atoms with van der Waals surface area (Å²) in [4.78, 5) is 22.6. The van der Waals surface area contributed by atoms with E-state index < -0.39 is 0 Å². The molecule has 3 rings (SSSR count). The van der Waals surface area contributed by atoms with E-state index in [1.165, 1.54) is 0 Å².